The number of aromatic nitrogens is 2. The number of carbonyl (C=O) groups excluding carboxylic acids is 1. The first-order valence-electron chi connectivity index (χ1n) is 11.9. The number of nitrogens with two attached hydrogens (primary N) is 1. The van der Waals surface area contributed by atoms with Gasteiger partial charge in [-0.2, -0.15) is 0 Å². The van der Waals surface area contributed by atoms with E-state index < -0.39 is 0 Å². The number of pyridine rings is 2. The molecule has 0 aliphatic rings. The van der Waals surface area contributed by atoms with Gasteiger partial charge in [-0.15, -0.1) is 0 Å². The van der Waals surface area contributed by atoms with Gasteiger partial charge < -0.3 is 20.8 Å². The first-order valence-corrected chi connectivity index (χ1v) is 11.9. The maximum Gasteiger partial charge on any atom is 0.274 e. The van der Waals surface area contributed by atoms with Crippen LogP contribution in [0.5, 0.6) is 0 Å². The molecule has 1 amide bonds. The second-order valence-corrected chi connectivity index (χ2v) is 8.62. The standard InChI is InChI=1S/C30H23N5O2/c31-17-19-8-13-26(33-18-19)30(36)35-21-11-9-20(10-12-21)34-22-14-15-32-27(16-22)25-6-3-5-24-23-4-1-2-7-28(23)37-29(24)25/h1-16,18H,17,31H2,(H,32,34)(H,35,36). The van der Waals surface area contributed by atoms with Crippen LogP contribution in [0.15, 0.2) is 108 Å². The van der Waals surface area contributed by atoms with E-state index in [9.17, 15) is 4.79 Å². The van der Waals surface area contributed by atoms with Crippen molar-refractivity contribution in [3.8, 4) is 11.3 Å². The predicted octanol–water partition coefficient (Wildman–Crippen LogP) is 6.50. The molecule has 4 N–H and O–H groups in total. The van der Waals surface area contributed by atoms with Gasteiger partial charge in [0.25, 0.3) is 5.91 Å². The summed E-state index contributed by atoms with van der Waals surface area (Å²) in [5.74, 6) is -0.275. The first-order chi connectivity index (χ1) is 18.2. The Morgan fingerprint density at radius 3 is 2.43 bits per heavy atom. The number of anilines is 3. The smallest absolute Gasteiger partial charge is 0.274 e. The molecular weight excluding hydrogens is 462 g/mol. The van der Waals surface area contributed by atoms with Crippen LogP contribution in [-0.4, -0.2) is 15.9 Å². The van der Waals surface area contributed by atoms with Gasteiger partial charge >= 0.3 is 0 Å². The number of benzene rings is 3. The highest BCUT2D eigenvalue weighted by Crippen LogP contribution is 2.35. The van der Waals surface area contributed by atoms with Crippen LogP contribution in [0.3, 0.4) is 0 Å². The van der Waals surface area contributed by atoms with Crippen molar-refractivity contribution in [1.29, 1.82) is 0 Å². The van der Waals surface area contributed by atoms with Crippen molar-refractivity contribution in [2.45, 2.75) is 6.54 Å². The molecule has 0 aliphatic carbocycles. The van der Waals surface area contributed by atoms with Crippen LogP contribution in [0.25, 0.3) is 33.2 Å². The zero-order valence-electron chi connectivity index (χ0n) is 19.8. The fraction of sp³-hybridized carbons (Fsp3) is 0.0333. The Labute approximate surface area is 213 Å². The number of rotatable bonds is 6. The molecule has 3 aromatic heterocycles. The average molecular weight is 486 g/mol. The van der Waals surface area contributed by atoms with Gasteiger partial charge in [0.1, 0.15) is 16.9 Å². The van der Waals surface area contributed by atoms with Crippen LogP contribution >= 0.6 is 0 Å². The zero-order valence-corrected chi connectivity index (χ0v) is 19.8. The van der Waals surface area contributed by atoms with Crippen molar-refractivity contribution in [1.82, 2.24) is 9.97 Å². The van der Waals surface area contributed by atoms with E-state index in [1.54, 1.807) is 24.5 Å². The van der Waals surface area contributed by atoms with Crippen molar-refractivity contribution in [3.63, 3.8) is 0 Å². The summed E-state index contributed by atoms with van der Waals surface area (Å²) in [5.41, 5.74) is 12.7. The highest BCUT2D eigenvalue weighted by atomic mass is 16.3. The summed E-state index contributed by atoms with van der Waals surface area (Å²) in [7, 11) is 0. The third kappa shape index (κ3) is 4.51. The second kappa shape index (κ2) is 9.56. The Bertz CT molecular complexity index is 1720. The lowest BCUT2D eigenvalue weighted by Gasteiger charge is -2.10. The quantitative estimate of drug-likeness (QED) is 0.249. The van der Waals surface area contributed by atoms with Crippen LogP contribution in [-0.2, 0) is 6.54 Å². The molecule has 3 aromatic carbocycles. The maximum absolute atomic E-state index is 12.5. The number of para-hydroxylation sites is 2. The van der Waals surface area contributed by atoms with E-state index in [0.717, 1.165) is 50.1 Å². The molecule has 0 saturated carbocycles. The van der Waals surface area contributed by atoms with Gasteiger partial charge in [0, 0.05) is 52.3 Å². The largest absolute Gasteiger partial charge is 0.455 e. The molecule has 3 heterocycles. The van der Waals surface area contributed by atoms with Crippen LogP contribution in [0.2, 0.25) is 0 Å². The SMILES string of the molecule is NCc1ccc(C(=O)Nc2ccc(Nc3ccnc(-c4cccc5c4oc4ccccc45)c3)cc2)nc1. The Morgan fingerprint density at radius 1 is 0.811 bits per heavy atom. The van der Waals surface area contributed by atoms with Crippen LogP contribution in [0, 0.1) is 0 Å². The lowest BCUT2D eigenvalue weighted by Crippen LogP contribution is -2.14. The van der Waals surface area contributed by atoms with Gasteiger partial charge in [0.05, 0.1) is 5.69 Å². The lowest BCUT2D eigenvalue weighted by atomic mass is 10.1. The number of nitrogens with one attached hydrogen (secondary N) is 2. The lowest BCUT2D eigenvalue weighted by molar-refractivity contribution is 0.102. The van der Waals surface area contributed by atoms with E-state index in [1.807, 2.05) is 66.7 Å². The molecule has 0 atom stereocenters. The molecule has 0 fully saturated rings. The Balaban J connectivity index is 1.20. The molecule has 0 saturated heterocycles. The second-order valence-electron chi connectivity index (χ2n) is 8.62. The van der Waals surface area contributed by atoms with Crippen molar-refractivity contribution >= 4 is 44.9 Å². The molecule has 6 rings (SSSR count). The van der Waals surface area contributed by atoms with E-state index in [2.05, 4.69) is 32.7 Å². The van der Waals surface area contributed by atoms with Gasteiger partial charge in [0.2, 0.25) is 0 Å². The molecule has 0 unspecified atom stereocenters. The molecule has 7 nitrogen and oxygen atoms in total. The molecule has 7 heteroatoms. The van der Waals surface area contributed by atoms with E-state index in [-0.39, 0.29) is 5.91 Å². The molecule has 0 radical (unpaired) electrons. The molecular formula is C30H23N5O2. The third-order valence-corrected chi connectivity index (χ3v) is 6.16. The van der Waals surface area contributed by atoms with Gasteiger partial charge in [-0.25, -0.2) is 0 Å². The molecule has 6 aromatic rings. The molecule has 0 aliphatic heterocycles. The van der Waals surface area contributed by atoms with E-state index >= 15 is 0 Å². The van der Waals surface area contributed by atoms with Crippen molar-refractivity contribution in [2.24, 2.45) is 5.73 Å². The van der Waals surface area contributed by atoms with E-state index in [4.69, 9.17) is 10.2 Å². The summed E-state index contributed by atoms with van der Waals surface area (Å²) in [6, 6.07) is 29.0. The summed E-state index contributed by atoms with van der Waals surface area (Å²) >= 11 is 0. The van der Waals surface area contributed by atoms with E-state index in [0.29, 0.717) is 17.9 Å². The normalized spacial score (nSPS) is 11.1. The fourth-order valence-corrected chi connectivity index (χ4v) is 4.28. The fourth-order valence-electron chi connectivity index (χ4n) is 4.28. The Hall–Kier alpha value is -5.01. The third-order valence-electron chi connectivity index (χ3n) is 6.16. The van der Waals surface area contributed by atoms with Crippen molar-refractivity contribution in [2.75, 3.05) is 10.6 Å². The molecule has 0 spiro atoms. The number of carbonyl (C=O) groups is 1. The van der Waals surface area contributed by atoms with Gasteiger partial charge in [-0.3, -0.25) is 14.8 Å². The zero-order chi connectivity index (χ0) is 25.2. The maximum atomic E-state index is 12.5. The predicted molar refractivity (Wildman–Crippen MR) is 147 cm³/mol. The minimum atomic E-state index is -0.275. The van der Waals surface area contributed by atoms with Crippen LogP contribution in [0.1, 0.15) is 16.1 Å². The topological polar surface area (TPSA) is 106 Å². The van der Waals surface area contributed by atoms with Gasteiger partial charge in [-0.05, 0) is 60.2 Å². The van der Waals surface area contributed by atoms with Crippen LogP contribution in [0.4, 0.5) is 17.1 Å². The van der Waals surface area contributed by atoms with Crippen LogP contribution < -0.4 is 16.4 Å². The summed E-state index contributed by atoms with van der Waals surface area (Å²) in [6.45, 7) is 0.387. The number of hydrogen-bond donors (Lipinski definition) is 3. The average Bonchev–Trinajstić information content (AvgIpc) is 3.33. The van der Waals surface area contributed by atoms with Gasteiger partial charge in [0.15, 0.2) is 0 Å². The molecule has 0 bridgehead atoms. The van der Waals surface area contributed by atoms with Crippen molar-refractivity contribution in [3.05, 3.63) is 115 Å². The van der Waals surface area contributed by atoms with E-state index in [1.165, 1.54) is 0 Å². The summed E-state index contributed by atoms with van der Waals surface area (Å²) in [5, 5.41) is 8.42. The molecule has 37 heavy (non-hydrogen) atoms. The summed E-state index contributed by atoms with van der Waals surface area (Å²) in [4.78, 5) is 21.2. The van der Waals surface area contributed by atoms with Gasteiger partial charge in [-0.1, -0.05) is 36.4 Å². The highest BCUT2D eigenvalue weighted by Gasteiger charge is 2.13. The summed E-state index contributed by atoms with van der Waals surface area (Å²) < 4.78 is 6.18. The number of fused-ring (bicyclic) bond motifs is 3. The summed E-state index contributed by atoms with van der Waals surface area (Å²) in [6.07, 6.45) is 3.39. The minimum Gasteiger partial charge on any atom is -0.455 e. The number of nitrogens with zero attached hydrogens (tertiary/aromatic N) is 2. The number of furan rings is 1. The Morgan fingerprint density at radius 2 is 1.62 bits per heavy atom. The highest BCUT2D eigenvalue weighted by molar-refractivity contribution is 6.09. The monoisotopic (exact) mass is 485 g/mol. The number of amides is 1. The van der Waals surface area contributed by atoms with Crippen molar-refractivity contribution < 1.29 is 9.21 Å². The number of hydrogen-bond acceptors (Lipinski definition) is 6. The Kier molecular flexibility index (Phi) is 5.80. The first kappa shape index (κ1) is 22.5. The minimum absolute atomic E-state index is 0.275. The molecule has 180 valence electrons.